The van der Waals surface area contributed by atoms with E-state index >= 15 is 0 Å². The third-order valence-corrected chi connectivity index (χ3v) is 8.92. The predicted octanol–water partition coefficient (Wildman–Crippen LogP) is 7.22. The number of ketones is 1. The summed E-state index contributed by atoms with van der Waals surface area (Å²) in [4.78, 5) is 33.8. The van der Waals surface area contributed by atoms with Gasteiger partial charge in [0.25, 0.3) is 5.78 Å². The van der Waals surface area contributed by atoms with Crippen LogP contribution in [0.5, 0.6) is 17.2 Å². The molecule has 8 nitrogen and oxygen atoms in total. The summed E-state index contributed by atoms with van der Waals surface area (Å²) < 4.78 is 18.4. The SMILES string of the molecule is CCOc1ccc2nc(N3C(=O)C(=O)C(=C(O)c4ccc5c(c4)C[C@H](C)O5)[C@H]3c3cccc(OCc4ccccc4)c3)sc2c1. The quantitative estimate of drug-likeness (QED) is 0.111. The van der Waals surface area contributed by atoms with Gasteiger partial charge in [0, 0.05) is 12.0 Å². The molecule has 1 fully saturated rings. The Morgan fingerprint density at radius 1 is 0.978 bits per heavy atom. The smallest absolute Gasteiger partial charge is 0.301 e. The van der Waals surface area contributed by atoms with E-state index in [2.05, 4.69) is 0 Å². The van der Waals surface area contributed by atoms with Gasteiger partial charge in [0.1, 0.15) is 35.7 Å². The van der Waals surface area contributed by atoms with Gasteiger partial charge in [-0.05, 0) is 79.1 Å². The lowest BCUT2D eigenvalue weighted by atomic mass is 9.94. The van der Waals surface area contributed by atoms with Crippen LogP contribution in [0.3, 0.4) is 0 Å². The summed E-state index contributed by atoms with van der Waals surface area (Å²) in [5.74, 6) is 0.207. The number of aliphatic hydroxyl groups excluding tert-OH is 1. The van der Waals surface area contributed by atoms with Crippen molar-refractivity contribution in [1.82, 2.24) is 4.98 Å². The number of hydrogen-bond donors (Lipinski definition) is 1. The van der Waals surface area contributed by atoms with Crippen LogP contribution in [-0.2, 0) is 22.6 Å². The number of rotatable bonds is 8. The molecule has 45 heavy (non-hydrogen) atoms. The van der Waals surface area contributed by atoms with Crippen molar-refractivity contribution < 1.29 is 28.9 Å². The van der Waals surface area contributed by atoms with Crippen LogP contribution in [0, 0.1) is 0 Å². The maximum atomic E-state index is 13.8. The number of ether oxygens (including phenoxy) is 3. The normalized spacial score (nSPS) is 18.7. The minimum atomic E-state index is -0.944. The number of thiazole rings is 1. The van der Waals surface area contributed by atoms with E-state index in [-0.39, 0.29) is 17.4 Å². The first-order valence-corrected chi connectivity index (χ1v) is 15.6. The molecule has 2 aliphatic heterocycles. The highest BCUT2D eigenvalue weighted by atomic mass is 32.1. The highest BCUT2D eigenvalue weighted by Crippen LogP contribution is 2.45. The van der Waals surface area contributed by atoms with Crippen molar-refractivity contribution in [2.75, 3.05) is 11.5 Å². The largest absolute Gasteiger partial charge is 0.507 e. The fraction of sp³-hybridized carbons (Fsp3) is 0.194. The number of amides is 1. The molecular weight excluding hydrogens is 588 g/mol. The van der Waals surface area contributed by atoms with E-state index in [1.165, 1.54) is 16.2 Å². The van der Waals surface area contributed by atoms with Gasteiger partial charge >= 0.3 is 5.91 Å². The highest BCUT2D eigenvalue weighted by Gasteiger charge is 2.48. The third-order valence-electron chi connectivity index (χ3n) is 7.90. The Kier molecular flexibility index (Phi) is 7.47. The molecule has 4 aromatic carbocycles. The molecule has 1 saturated heterocycles. The van der Waals surface area contributed by atoms with Gasteiger partial charge in [0.2, 0.25) is 0 Å². The molecule has 5 aromatic rings. The van der Waals surface area contributed by atoms with Gasteiger partial charge in [0.05, 0.1) is 28.4 Å². The standard InChI is InChI=1S/C36H30N2O6S/c1-3-42-27-13-14-28-30(19-27)45-36(37-28)38-32(23-10-7-11-26(18-23)43-20-22-8-5-4-6-9-22)31(34(40)35(38)41)33(39)24-12-15-29-25(17-24)16-21(2)44-29/h4-15,17-19,21,32,39H,3,16,20H2,1-2H3/t21-,32+/m0/s1. The van der Waals surface area contributed by atoms with Gasteiger partial charge < -0.3 is 19.3 Å². The zero-order valence-corrected chi connectivity index (χ0v) is 25.5. The van der Waals surface area contributed by atoms with Crippen LogP contribution in [0.2, 0.25) is 0 Å². The van der Waals surface area contributed by atoms with Gasteiger partial charge in [-0.1, -0.05) is 53.8 Å². The Labute approximate surface area is 264 Å². The molecule has 1 N–H and O–H groups in total. The zero-order valence-electron chi connectivity index (χ0n) is 24.7. The fourth-order valence-electron chi connectivity index (χ4n) is 5.84. The highest BCUT2D eigenvalue weighted by molar-refractivity contribution is 7.22. The van der Waals surface area contributed by atoms with Crippen LogP contribution in [0.25, 0.3) is 16.0 Å². The number of anilines is 1. The van der Waals surface area contributed by atoms with Crippen LogP contribution >= 0.6 is 11.3 Å². The minimum Gasteiger partial charge on any atom is -0.507 e. The molecule has 226 valence electrons. The second kappa shape index (κ2) is 11.7. The summed E-state index contributed by atoms with van der Waals surface area (Å²) in [6.07, 6.45) is 0.702. The number of nitrogens with zero attached hydrogens (tertiary/aromatic N) is 2. The Morgan fingerprint density at radius 3 is 2.62 bits per heavy atom. The molecular formula is C36H30N2O6S. The van der Waals surface area contributed by atoms with Crippen LogP contribution < -0.4 is 19.1 Å². The second-order valence-electron chi connectivity index (χ2n) is 11.0. The number of aromatic nitrogens is 1. The molecule has 0 bridgehead atoms. The first-order chi connectivity index (χ1) is 21.9. The summed E-state index contributed by atoms with van der Waals surface area (Å²) in [5.41, 5.74) is 3.65. The lowest BCUT2D eigenvalue weighted by molar-refractivity contribution is -0.132. The van der Waals surface area contributed by atoms with E-state index < -0.39 is 17.7 Å². The predicted molar refractivity (Wildman–Crippen MR) is 173 cm³/mol. The van der Waals surface area contributed by atoms with Crippen molar-refractivity contribution in [3.05, 3.63) is 119 Å². The van der Waals surface area contributed by atoms with Crippen molar-refractivity contribution in [2.24, 2.45) is 0 Å². The molecule has 2 aliphatic rings. The number of hydrogen-bond acceptors (Lipinski definition) is 8. The second-order valence-corrected chi connectivity index (χ2v) is 12.0. The van der Waals surface area contributed by atoms with Crippen molar-refractivity contribution in [1.29, 1.82) is 0 Å². The van der Waals surface area contributed by atoms with Gasteiger partial charge in [0.15, 0.2) is 5.13 Å². The molecule has 0 aliphatic carbocycles. The maximum Gasteiger partial charge on any atom is 0.301 e. The average Bonchev–Trinajstić information content (AvgIpc) is 3.72. The van der Waals surface area contributed by atoms with Crippen LogP contribution in [-0.4, -0.2) is 34.5 Å². The summed E-state index contributed by atoms with van der Waals surface area (Å²) in [7, 11) is 0. The van der Waals surface area contributed by atoms with Crippen LogP contribution in [0.15, 0.2) is 96.6 Å². The molecule has 0 radical (unpaired) electrons. The number of carbonyl (C=O) groups excluding carboxylic acids is 2. The summed E-state index contributed by atoms with van der Waals surface area (Å²) in [6, 6.07) is 27.0. The van der Waals surface area contributed by atoms with E-state index in [1.807, 2.05) is 86.6 Å². The van der Waals surface area contributed by atoms with Gasteiger partial charge in [-0.2, -0.15) is 0 Å². The molecule has 1 amide bonds. The van der Waals surface area contributed by atoms with E-state index in [0.29, 0.717) is 52.9 Å². The molecule has 0 spiro atoms. The van der Waals surface area contributed by atoms with Gasteiger partial charge in [-0.15, -0.1) is 0 Å². The molecule has 7 rings (SSSR count). The van der Waals surface area contributed by atoms with Crippen molar-refractivity contribution in [3.8, 4) is 17.2 Å². The molecule has 0 saturated carbocycles. The molecule has 3 heterocycles. The van der Waals surface area contributed by atoms with E-state index in [0.717, 1.165) is 21.6 Å². The fourth-order valence-corrected chi connectivity index (χ4v) is 6.86. The summed E-state index contributed by atoms with van der Waals surface area (Å²) in [5, 5.41) is 12.1. The Morgan fingerprint density at radius 2 is 1.80 bits per heavy atom. The molecule has 9 heteroatoms. The first kappa shape index (κ1) is 28.6. The molecule has 2 atom stereocenters. The Hall–Kier alpha value is -5.15. The zero-order chi connectivity index (χ0) is 31.1. The number of aliphatic hydroxyl groups is 1. The Bertz CT molecular complexity index is 1970. The molecule has 1 aromatic heterocycles. The topological polar surface area (TPSA) is 98.2 Å². The maximum absolute atomic E-state index is 13.8. The summed E-state index contributed by atoms with van der Waals surface area (Å²) in [6.45, 7) is 4.75. The van der Waals surface area contributed by atoms with Crippen LogP contribution in [0.4, 0.5) is 5.13 Å². The summed E-state index contributed by atoms with van der Waals surface area (Å²) >= 11 is 1.29. The number of fused-ring (bicyclic) bond motifs is 2. The third kappa shape index (κ3) is 5.40. The number of Topliss-reactive ketones (excluding diaryl/α,β-unsaturated/α-hetero) is 1. The van der Waals surface area contributed by atoms with E-state index in [1.54, 1.807) is 18.2 Å². The van der Waals surface area contributed by atoms with Crippen molar-refractivity contribution >= 4 is 44.1 Å². The van der Waals surface area contributed by atoms with Crippen molar-refractivity contribution in [2.45, 2.75) is 39.0 Å². The monoisotopic (exact) mass is 618 g/mol. The number of benzene rings is 4. The Balaban J connectivity index is 1.34. The van der Waals surface area contributed by atoms with E-state index in [4.69, 9.17) is 19.2 Å². The van der Waals surface area contributed by atoms with Gasteiger partial charge in [-0.25, -0.2) is 4.98 Å². The average molecular weight is 619 g/mol. The molecule has 0 unspecified atom stereocenters. The minimum absolute atomic E-state index is 0.0126. The number of carbonyl (C=O) groups is 2. The lowest BCUT2D eigenvalue weighted by Gasteiger charge is -2.23. The van der Waals surface area contributed by atoms with Crippen LogP contribution in [0.1, 0.15) is 42.1 Å². The lowest BCUT2D eigenvalue weighted by Crippen LogP contribution is -2.29. The van der Waals surface area contributed by atoms with Gasteiger partial charge in [-0.3, -0.25) is 14.5 Å². The van der Waals surface area contributed by atoms with E-state index in [9.17, 15) is 14.7 Å². The van der Waals surface area contributed by atoms with Crippen molar-refractivity contribution in [3.63, 3.8) is 0 Å². The first-order valence-electron chi connectivity index (χ1n) is 14.8.